The SMILES string of the molecule is C[C@@H]1CN(Cc2cccs2)[C@@H](C)CN1C(=O)OC(C)(C)C.C[C@@H]1CN(Cc2cccs2)[C@@H](C)CN1C(=O)c1cc2c(C(=O)C(=O)N(C)C)cn(N)c2cc1Cl.C[C@@H]1CN[C@@H](C)CN1C(=O)OC(C)(C)C.O=Cc1cccs1. The van der Waals surface area contributed by atoms with Crippen molar-refractivity contribution in [3.8, 4) is 0 Å². The fourth-order valence-corrected chi connectivity index (χ4v) is 11.2. The summed E-state index contributed by atoms with van der Waals surface area (Å²) in [5.41, 5.74) is 0.0548. The molecule has 3 saturated heterocycles. The van der Waals surface area contributed by atoms with Crippen LogP contribution in [0.5, 0.6) is 0 Å². The number of likely N-dealkylation sites (N-methyl/N-ethyl adjacent to an activating group) is 1. The molecule has 7 heterocycles. The van der Waals surface area contributed by atoms with Gasteiger partial charge in [0.25, 0.3) is 17.6 Å². The maximum atomic E-state index is 13.6. The van der Waals surface area contributed by atoms with Crippen LogP contribution in [0.1, 0.15) is 123 Å². The maximum Gasteiger partial charge on any atom is 0.410 e. The average Bonchev–Trinajstić information content (AvgIpc) is 4.21. The maximum absolute atomic E-state index is 13.6. The van der Waals surface area contributed by atoms with Crippen LogP contribution in [0.25, 0.3) is 10.9 Å². The first-order chi connectivity index (χ1) is 36.1. The second kappa shape index (κ2) is 27.5. The number of ketones is 1. The van der Waals surface area contributed by atoms with Gasteiger partial charge in [-0.05, 0) is 130 Å². The molecule has 0 radical (unpaired) electrons. The molecule has 5 aromatic rings. The minimum Gasteiger partial charge on any atom is -0.444 e. The fraction of sp³-hybridized carbons (Fsp3) is 0.536. The number of aldehydes is 1. The monoisotopic (exact) mass is 1140 g/mol. The lowest BCUT2D eigenvalue weighted by Crippen LogP contribution is -2.58. The number of nitrogens with two attached hydrogens (primary N) is 1. The Labute approximate surface area is 472 Å². The second-order valence-corrected chi connectivity index (χ2v) is 25.7. The van der Waals surface area contributed by atoms with Crippen LogP contribution in [0.4, 0.5) is 9.59 Å². The fourth-order valence-electron chi connectivity index (χ4n) is 8.94. The molecule has 6 atom stereocenters. The molecule has 422 valence electrons. The molecule has 0 spiro atoms. The van der Waals surface area contributed by atoms with Gasteiger partial charge >= 0.3 is 12.2 Å². The summed E-state index contributed by atoms with van der Waals surface area (Å²) in [4.78, 5) is 87.6. The zero-order valence-corrected chi connectivity index (χ0v) is 50.4. The molecular formula is C56H80ClN9O8S3. The van der Waals surface area contributed by atoms with E-state index < -0.39 is 22.9 Å². The van der Waals surface area contributed by atoms with E-state index in [0.717, 1.165) is 57.0 Å². The first-order valence-electron chi connectivity index (χ1n) is 26.0. The number of carbonyl (C=O) groups is 6. The summed E-state index contributed by atoms with van der Waals surface area (Å²) in [5.74, 6) is 4.46. The Bertz CT molecular complexity index is 2740. The summed E-state index contributed by atoms with van der Waals surface area (Å²) in [5, 5.41) is 10.1. The number of aromatic nitrogens is 1. The topological polar surface area (TPSA) is 183 Å². The van der Waals surface area contributed by atoms with E-state index in [9.17, 15) is 28.8 Å². The normalized spacial score (nSPS) is 21.1. The molecule has 0 unspecified atom stereocenters. The van der Waals surface area contributed by atoms with Gasteiger partial charge < -0.3 is 40.2 Å². The van der Waals surface area contributed by atoms with E-state index in [2.05, 4.69) is 71.8 Å². The third-order valence-electron chi connectivity index (χ3n) is 13.0. The van der Waals surface area contributed by atoms with E-state index in [4.69, 9.17) is 26.9 Å². The Balaban J connectivity index is 0.000000215. The van der Waals surface area contributed by atoms with Crippen LogP contribution in [-0.4, -0.2) is 171 Å². The number of amides is 4. The summed E-state index contributed by atoms with van der Waals surface area (Å²) in [7, 11) is 3.02. The molecule has 3 N–H and O–H groups in total. The number of nitrogen functional groups attached to an aromatic ring is 1. The van der Waals surface area contributed by atoms with Gasteiger partial charge in [-0.2, -0.15) is 0 Å². The lowest BCUT2D eigenvalue weighted by Gasteiger charge is -2.44. The van der Waals surface area contributed by atoms with Gasteiger partial charge in [0.2, 0.25) is 0 Å². The van der Waals surface area contributed by atoms with Gasteiger partial charge in [0.05, 0.1) is 26.5 Å². The van der Waals surface area contributed by atoms with Gasteiger partial charge in [0.15, 0.2) is 6.29 Å². The molecule has 8 rings (SSSR count). The van der Waals surface area contributed by atoms with Crippen LogP contribution < -0.4 is 11.2 Å². The van der Waals surface area contributed by atoms with Gasteiger partial charge in [-0.25, -0.2) is 9.59 Å². The Hall–Kier alpha value is -5.35. The smallest absolute Gasteiger partial charge is 0.410 e. The number of halogens is 1. The molecule has 4 amide bonds. The van der Waals surface area contributed by atoms with Gasteiger partial charge in [0, 0.05) is 124 Å². The van der Waals surface area contributed by atoms with Gasteiger partial charge in [0.1, 0.15) is 11.2 Å². The van der Waals surface area contributed by atoms with Crippen molar-refractivity contribution >= 4 is 92.6 Å². The van der Waals surface area contributed by atoms with Crippen LogP contribution in [0.2, 0.25) is 5.02 Å². The van der Waals surface area contributed by atoms with Crippen molar-refractivity contribution in [2.75, 3.05) is 59.2 Å². The summed E-state index contributed by atoms with van der Waals surface area (Å²) in [6.45, 7) is 30.2. The predicted octanol–water partition coefficient (Wildman–Crippen LogP) is 9.82. The van der Waals surface area contributed by atoms with Crippen LogP contribution in [0, 0.1) is 0 Å². The van der Waals surface area contributed by atoms with E-state index in [0.29, 0.717) is 29.5 Å². The number of hydrogen-bond donors (Lipinski definition) is 2. The number of carbonyl (C=O) groups excluding carboxylic acids is 6. The first kappa shape index (κ1) is 62.5. The molecule has 77 heavy (non-hydrogen) atoms. The Morgan fingerprint density at radius 1 is 0.688 bits per heavy atom. The number of benzene rings is 1. The van der Waals surface area contributed by atoms with Gasteiger partial charge in [-0.3, -0.25) is 33.7 Å². The average molecular weight is 1140 g/mol. The van der Waals surface area contributed by atoms with Crippen molar-refractivity contribution in [3.63, 3.8) is 0 Å². The molecule has 3 aliphatic rings. The highest BCUT2D eigenvalue weighted by Crippen LogP contribution is 2.31. The van der Waals surface area contributed by atoms with E-state index in [1.165, 1.54) is 51.0 Å². The number of fused-ring (bicyclic) bond motifs is 1. The molecule has 0 bridgehead atoms. The molecule has 3 fully saturated rings. The van der Waals surface area contributed by atoms with Crippen LogP contribution in [-0.2, 0) is 27.4 Å². The molecule has 4 aromatic heterocycles. The summed E-state index contributed by atoms with van der Waals surface area (Å²) in [6, 6.07) is 16.4. The summed E-state index contributed by atoms with van der Waals surface area (Å²) < 4.78 is 12.1. The largest absolute Gasteiger partial charge is 0.444 e. The van der Waals surface area contributed by atoms with Crippen LogP contribution in [0.15, 0.2) is 70.9 Å². The van der Waals surface area contributed by atoms with Gasteiger partial charge in [-0.15, -0.1) is 34.0 Å². The van der Waals surface area contributed by atoms with Crippen molar-refractivity contribution in [1.82, 2.24) is 39.4 Å². The number of piperazine rings is 3. The third-order valence-corrected chi connectivity index (χ3v) is 15.9. The molecule has 21 heteroatoms. The lowest BCUT2D eigenvalue weighted by molar-refractivity contribution is -0.124. The summed E-state index contributed by atoms with van der Waals surface area (Å²) in [6.07, 6.45) is 1.85. The number of thiophene rings is 3. The number of rotatable bonds is 8. The molecule has 0 aliphatic carbocycles. The highest BCUT2D eigenvalue weighted by atomic mass is 35.5. The number of hydrogen-bond acceptors (Lipinski definition) is 15. The molecule has 17 nitrogen and oxygen atoms in total. The lowest BCUT2D eigenvalue weighted by atomic mass is 10.0. The predicted molar refractivity (Wildman–Crippen MR) is 311 cm³/mol. The van der Waals surface area contributed by atoms with Crippen LogP contribution in [0.3, 0.4) is 0 Å². The van der Waals surface area contributed by atoms with Crippen molar-refractivity contribution < 1.29 is 38.2 Å². The molecule has 3 aliphatic heterocycles. The molecule has 1 aromatic carbocycles. The Morgan fingerprint density at radius 2 is 1.18 bits per heavy atom. The van der Waals surface area contributed by atoms with Gasteiger partial charge in [-0.1, -0.05) is 29.8 Å². The number of ether oxygens (including phenoxy) is 2. The number of nitrogens with zero attached hydrogens (tertiary/aromatic N) is 7. The molecule has 0 saturated carbocycles. The Morgan fingerprint density at radius 3 is 1.64 bits per heavy atom. The molecular weight excluding hydrogens is 1060 g/mol. The van der Waals surface area contributed by atoms with Crippen LogP contribution >= 0.6 is 45.6 Å². The van der Waals surface area contributed by atoms with E-state index >= 15 is 0 Å². The first-order valence-corrected chi connectivity index (χ1v) is 29.0. The third kappa shape index (κ3) is 17.8. The van der Waals surface area contributed by atoms with Crippen molar-refractivity contribution in [2.45, 2.75) is 144 Å². The van der Waals surface area contributed by atoms with Crippen molar-refractivity contribution in [1.29, 1.82) is 0 Å². The van der Waals surface area contributed by atoms with E-state index in [-0.39, 0.29) is 58.4 Å². The second-order valence-electron chi connectivity index (χ2n) is 22.3. The zero-order chi connectivity index (χ0) is 57.1. The number of Topliss-reactive ketones (excluding diaryl/α,β-unsaturated/α-hetero) is 1. The number of nitrogens with one attached hydrogen (secondary N) is 1. The minimum absolute atomic E-state index is 0.0223. The highest BCUT2D eigenvalue weighted by molar-refractivity contribution is 7.11. The van der Waals surface area contributed by atoms with E-state index in [1.54, 1.807) is 45.8 Å². The standard InChI is InChI=1S/C24H28ClN5O3S.C16H26N2O2S.C11H22N2O2.C5H4OS/c1-14-11-29(15(2)10-28(14)12-16-6-5-7-34-16)23(32)18-8-17-19(22(31)24(33)27(3)4)13-30(26)21(17)9-20(18)25;1-12-10-18(15(19)20-16(3,4)5)13(2)9-17(12)11-14-7-6-8-21-14;1-8-7-13(9(2)6-12-8)10(14)15-11(3,4)5;6-4-5-2-1-3-7-5/h5-9,13-15H,10-12,26H2,1-4H3;6-8,12-13H,9-11H2,1-5H3;8-9,12H,6-7H2,1-5H3;1-4H/t14-,15+;12-,13+;8-,9+;/m000./s1. The summed E-state index contributed by atoms with van der Waals surface area (Å²) >= 11 is 11.5. The highest BCUT2D eigenvalue weighted by Gasteiger charge is 2.36. The van der Waals surface area contributed by atoms with E-state index in [1.807, 2.05) is 82.7 Å². The quantitative estimate of drug-likeness (QED) is 0.0650. The van der Waals surface area contributed by atoms with Crippen molar-refractivity contribution in [3.05, 3.63) is 102 Å². The zero-order valence-electron chi connectivity index (χ0n) is 47.2. The van der Waals surface area contributed by atoms with Crippen molar-refractivity contribution in [2.24, 2.45) is 0 Å². The Kier molecular flexibility index (Phi) is 22.3. The minimum atomic E-state index is -0.691.